The van der Waals surface area contributed by atoms with Crippen molar-refractivity contribution in [1.29, 1.82) is 0 Å². The summed E-state index contributed by atoms with van der Waals surface area (Å²) >= 11 is 1.25. The molecule has 4 aromatic rings. The van der Waals surface area contributed by atoms with Gasteiger partial charge in [0.05, 0.1) is 36.6 Å². The van der Waals surface area contributed by atoms with Crippen LogP contribution >= 0.6 is 11.3 Å². The number of carbonyl (C=O) groups is 1. The van der Waals surface area contributed by atoms with Crippen LogP contribution in [0.4, 0.5) is 0 Å². The molecular formula is C32H30N2O6S. The molecule has 0 fully saturated rings. The zero-order valence-corrected chi connectivity index (χ0v) is 24.1. The van der Waals surface area contributed by atoms with Crippen LogP contribution in [-0.4, -0.2) is 31.4 Å². The van der Waals surface area contributed by atoms with Gasteiger partial charge in [0.2, 0.25) is 0 Å². The highest BCUT2D eigenvalue weighted by Crippen LogP contribution is 2.35. The van der Waals surface area contributed by atoms with Crippen molar-refractivity contribution >= 4 is 23.4 Å². The Bertz CT molecular complexity index is 1790. The number of hydrogen-bond donors (Lipinski definition) is 0. The molecule has 1 aliphatic rings. The Labute approximate surface area is 241 Å². The van der Waals surface area contributed by atoms with Crippen LogP contribution in [0, 0.1) is 0 Å². The van der Waals surface area contributed by atoms with Gasteiger partial charge in [-0.2, -0.15) is 0 Å². The first-order chi connectivity index (χ1) is 19.9. The van der Waals surface area contributed by atoms with E-state index in [-0.39, 0.29) is 12.2 Å². The van der Waals surface area contributed by atoms with E-state index in [1.54, 1.807) is 44.8 Å². The van der Waals surface area contributed by atoms with Crippen molar-refractivity contribution in [3.63, 3.8) is 0 Å². The van der Waals surface area contributed by atoms with Crippen LogP contribution in [0.2, 0.25) is 0 Å². The first-order valence-electron chi connectivity index (χ1n) is 13.1. The second kappa shape index (κ2) is 12.3. The quantitative estimate of drug-likeness (QED) is 0.277. The molecule has 1 atom stereocenters. The van der Waals surface area contributed by atoms with Crippen molar-refractivity contribution in [2.75, 3.05) is 20.8 Å². The van der Waals surface area contributed by atoms with Gasteiger partial charge < -0.3 is 18.9 Å². The van der Waals surface area contributed by atoms with Gasteiger partial charge >= 0.3 is 5.97 Å². The third kappa shape index (κ3) is 5.67. The number of aromatic nitrogens is 1. The molecule has 0 unspecified atom stereocenters. The van der Waals surface area contributed by atoms with Gasteiger partial charge in [-0.15, -0.1) is 0 Å². The maximum atomic E-state index is 13.9. The third-order valence-corrected chi connectivity index (χ3v) is 7.66. The fourth-order valence-corrected chi connectivity index (χ4v) is 5.80. The number of fused-ring (bicyclic) bond motifs is 1. The minimum Gasteiger partial charge on any atom is -0.496 e. The summed E-state index contributed by atoms with van der Waals surface area (Å²) in [5.41, 5.74) is 2.99. The molecule has 8 nitrogen and oxygen atoms in total. The number of allylic oxidation sites excluding steroid dienone is 1. The maximum Gasteiger partial charge on any atom is 0.338 e. The average molecular weight is 571 g/mol. The lowest BCUT2D eigenvalue weighted by Gasteiger charge is -2.25. The molecule has 210 valence electrons. The van der Waals surface area contributed by atoms with Gasteiger partial charge in [-0.05, 0) is 49.2 Å². The van der Waals surface area contributed by atoms with E-state index >= 15 is 0 Å². The lowest BCUT2D eigenvalue weighted by atomic mass is 9.95. The number of carbonyl (C=O) groups excluding carboxylic acids is 1. The van der Waals surface area contributed by atoms with Crippen LogP contribution in [0.15, 0.2) is 93.9 Å². The minimum atomic E-state index is -0.758. The number of ether oxygens (including phenoxy) is 4. The van der Waals surface area contributed by atoms with Crippen LogP contribution in [0.25, 0.3) is 6.08 Å². The standard InChI is InChI=1S/C32H30N2O6S/c1-5-39-31(36)28-20(2)33-32-34(29(28)23-13-9-10-14-24(23)37-3)30(35)27(41-32)18-22-15-16-25(26(17-22)38-4)40-19-21-11-7-6-8-12-21/h6-18,29H,5,19H2,1-4H3/b27-18+/t29-/m1/s1. The number of para-hydroxylation sites is 1. The van der Waals surface area contributed by atoms with Gasteiger partial charge in [0.25, 0.3) is 5.56 Å². The van der Waals surface area contributed by atoms with Gasteiger partial charge in [-0.25, -0.2) is 9.79 Å². The van der Waals surface area contributed by atoms with Crippen molar-refractivity contribution in [3.8, 4) is 17.2 Å². The highest BCUT2D eigenvalue weighted by atomic mass is 32.1. The molecule has 0 saturated carbocycles. The summed E-state index contributed by atoms with van der Waals surface area (Å²) in [6.45, 7) is 4.10. The van der Waals surface area contributed by atoms with E-state index in [4.69, 9.17) is 18.9 Å². The van der Waals surface area contributed by atoms with Gasteiger partial charge in [0.1, 0.15) is 18.4 Å². The predicted molar refractivity (Wildman–Crippen MR) is 157 cm³/mol. The molecule has 1 aromatic heterocycles. The fourth-order valence-electron chi connectivity index (χ4n) is 4.76. The van der Waals surface area contributed by atoms with Crippen molar-refractivity contribution in [1.82, 2.24) is 4.57 Å². The van der Waals surface area contributed by atoms with E-state index in [2.05, 4.69) is 4.99 Å². The van der Waals surface area contributed by atoms with E-state index in [1.807, 2.05) is 66.7 Å². The summed E-state index contributed by atoms with van der Waals surface area (Å²) < 4.78 is 24.6. The number of benzene rings is 3. The normalized spacial score (nSPS) is 14.7. The van der Waals surface area contributed by atoms with Crippen molar-refractivity contribution in [2.45, 2.75) is 26.5 Å². The van der Waals surface area contributed by atoms with Crippen molar-refractivity contribution in [2.24, 2.45) is 4.99 Å². The van der Waals surface area contributed by atoms with E-state index < -0.39 is 12.0 Å². The minimum absolute atomic E-state index is 0.200. The smallest absolute Gasteiger partial charge is 0.338 e. The number of hydrogen-bond acceptors (Lipinski definition) is 8. The monoisotopic (exact) mass is 570 g/mol. The van der Waals surface area contributed by atoms with Crippen molar-refractivity contribution < 1.29 is 23.7 Å². The van der Waals surface area contributed by atoms with Crippen LogP contribution < -0.4 is 29.1 Å². The molecule has 41 heavy (non-hydrogen) atoms. The second-order valence-corrected chi connectivity index (χ2v) is 10.2. The highest BCUT2D eigenvalue weighted by molar-refractivity contribution is 7.07. The Kier molecular flexibility index (Phi) is 8.35. The maximum absolute atomic E-state index is 13.9. The van der Waals surface area contributed by atoms with Crippen molar-refractivity contribution in [3.05, 3.63) is 120 Å². The van der Waals surface area contributed by atoms with Gasteiger partial charge in [-0.1, -0.05) is 65.9 Å². The molecule has 0 amide bonds. The Morgan fingerprint density at radius 2 is 1.71 bits per heavy atom. The number of esters is 1. The number of rotatable bonds is 9. The lowest BCUT2D eigenvalue weighted by molar-refractivity contribution is -0.139. The fraction of sp³-hybridized carbons (Fsp3) is 0.219. The highest BCUT2D eigenvalue weighted by Gasteiger charge is 2.34. The van der Waals surface area contributed by atoms with E-state index in [0.717, 1.165) is 11.1 Å². The van der Waals surface area contributed by atoms with E-state index in [9.17, 15) is 9.59 Å². The zero-order chi connectivity index (χ0) is 28.9. The second-order valence-electron chi connectivity index (χ2n) is 9.23. The Morgan fingerprint density at radius 3 is 2.44 bits per heavy atom. The number of nitrogens with zero attached hydrogens (tertiary/aromatic N) is 2. The number of methoxy groups -OCH3 is 2. The molecule has 3 aromatic carbocycles. The molecule has 0 bridgehead atoms. The van der Waals surface area contributed by atoms with Crippen LogP contribution in [0.5, 0.6) is 17.2 Å². The molecule has 0 N–H and O–H groups in total. The summed E-state index contributed by atoms with van der Waals surface area (Å²) in [4.78, 5) is 32.2. The predicted octanol–water partition coefficient (Wildman–Crippen LogP) is 4.39. The van der Waals surface area contributed by atoms with Crippen LogP contribution in [-0.2, 0) is 16.1 Å². The molecule has 1 aliphatic heterocycles. The summed E-state index contributed by atoms with van der Waals surface area (Å²) in [5.74, 6) is 1.19. The molecule has 9 heteroatoms. The zero-order valence-electron chi connectivity index (χ0n) is 23.2. The topological polar surface area (TPSA) is 88.4 Å². The van der Waals surface area contributed by atoms with Gasteiger partial charge in [0.15, 0.2) is 16.3 Å². The Hall–Kier alpha value is -4.63. The summed E-state index contributed by atoms with van der Waals surface area (Å²) in [6.07, 6.45) is 1.79. The molecule has 5 rings (SSSR count). The molecule has 0 radical (unpaired) electrons. The molecular weight excluding hydrogens is 540 g/mol. The largest absolute Gasteiger partial charge is 0.496 e. The molecule has 0 aliphatic carbocycles. The van der Waals surface area contributed by atoms with Crippen LogP contribution in [0.1, 0.15) is 36.6 Å². The summed E-state index contributed by atoms with van der Waals surface area (Å²) in [7, 11) is 3.14. The first-order valence-corrected chi connectivity index (χ1v) is 13.9. The average Bonchev–Trinajstić information content (AvgIpc) is 3.29. The molecule has 0 spiro atoms. The summed E-state index contributed by atoms with van der Waals surface area (Å²) in [6, 6.07) is 22.0. The molecule has 2 heterocycles. The SMILES string of the molecule is CCOC(=O)C1=C(C)N=c2s/c(=C/c3ccc(OCc4ccccc4)c(OC)c3)c(=O)n2[C@@H]1c1ccccc1OC. The van der Waals surface area contributed by atoms with Crippen LogP contribution in [0.3, 0.4) is 0 Å². The van der Waals surface area contributed by atoms with Gasteiger partial charge in [-0.3, -0.25) is 9.36 Å². The Balaban J connectivity index is 1.58. The third-order valence-electron chi connectivity index (χ3n) is 6.67. The lowest BCUT2D eigenvalue weighted by Crippen LogP contribution is -2.40. The first kappa shape index (κ1) is 27.9. The Morgan fingerprint density at radius 1 is 0.976 bits per heavy atom. The van der Waals surface area contributed by atoms with E-state index in [1.165, 1.54) is 11.3 Å². The van der Waals surface area contributed by atoms with E-state index in [0.29, 0.717) is 50.0 Å². The summed E-state index contributed by atoms with van der Waals surface area (Å²) in [5, 5.41) is 0. The van der Waals surface area contributed by atoms with Gasteiger partial charge in [0, 0.05) is 5.56 Å². The molecule has 0 saturated heterocycles. The number of thiazole rings is 1.